The number of carbonyl (C=O) groups is 2. The maximum atomic E-state index is 11.5. The Bertz CT molecular complexity index is 501. The topological polar surface area (TPSA) is 67.4 Å². The SMILES string of the molecule is COC(=O)c1cc(NCC(=O)NC2CC2)ccc1Br. The highest BCUT2D eigenvalue weighted by Crippen LogP contribution is 2.22. The lowest BCUT2D eigenvalue weighted by Gasteiger charge is -2.09. The second-order valence-corrected chi connectivity index (χ2v) is 5.24. The summed E-state index contributed by atoms with van der Waals surface area (Å²) in [5, 5.41) is 5.87. The van der Waals surface area contributed by atoms with E-state index in [-0.39, 0.29) is 12.5 Å². The second-order valence-electron chi connectivity index (χ2n) is 4.38. The monoisotopic (exact) mass is 326 g/mol. The van der Waals surface area contributed by atoms with Gasteiger partial charge in [-0.1, -0.05) is 0 Å². The Morgan fingerprint density at radius 1 is 1.42 bits per heavy atom. The molecule has 1 fully saturated rings. The van der Waals surface area contributed by atoms with Crippen molar-refractivity contribution >= 4 is 33.5 Å². The Hall–Kier alpha value is -1.56. The van der Waals surface area contributed by atoms with Gasteiger partial charge < -0.3 is 15.4 Å². The molecule has 1 saturated carbocycles. The van der Waals surface area contributed by atoms with Crippen molar-refractivity contribution in [2.45, 2.75) is 18.9 Å². The van der Waals surface area contributed by atoms with Gasteiger partial charge in [-0.15, -0.1) is 0 Å². The van der Waals surface area contributed by atoms with Gasteiger partial charge in [0.2, 0.25) is 5.91 Å². The van der Waals surface area contributed by atoms with Crippen molar-refractivity contribution in [2.75, 3.05) is 19.0 Å². The Morgan fingerprint density at radius 2 is 2.16 bits per heavy atom. The van der Waals surface area contributed by atoms with Crippen LogP contribution in [-0.4, -0.2) is 31.6 Å². The van der Waals surface area contributed by atoms with E-state index in [1.54, 1.807) is 18.2 Å². The highest BCUT2D eigenvalue weighted by molar-refractivity contribution is 9.10. The fourth-order valence-electron chi connectivity index (χ4n) is 1.59. The van der Waals surface area contributed by atoms with Gasteiger partial charge in [0, 0.05) is 16.2 Å². The van der Waals surface area contributed by atoms with Crippen LogP contribution >= 0.6 is 15.9 Å². The molecule has 1 aromatic carbocycles. The van der Waals surface area contributed by atoms with Crippen molar-refractivity contribution in [2.24, 2.45) is 0 Å². The van der Waals surface area contributed by atoms with Gasteiger partial charge in [-0.3, -0.25) is 4.79 Å². The van der Waals surface area contributed by atoms with Crippen molar-refractivity contribution in [3.63, 3.8) is 0 Å². The van der Waals surface area contributed by atoms with Crippen LogP contribution in [0.1, 0.15) is 23.2 Å². The van der Waals surface area contributed by atoms with E-state index in [1.807, 2.05) is 0 Å². The summed E-state index contributed by atoms with van der Waals surface area (Å²) in [5.41, 5.74) is 1.13. The summed E-state index contributed by atoms with van der Waals surface area (Å²) in [6, 6.07) is 5.54. The smallest absolute Gasteiger partial charge is 0.339 e. The van der Waals surface area contributed by atoms with E-state index in [9.17, 15) is 9.59 Å². The summed E-state index contributed by atoms with van der Waals surface area (Å²) in [6.45, 7) is 0.193. The predicted molar refractivity (Wildman–Crippen MR) is 75.1 cm³/mol. The summed E-state index contributed by atoms with van der Waals surface area (Å²) in [7, 11) is 1.33. The van der Waals surface area contributed by atoms with Crippen molar-refractivity contribution in [1.82, 2.24) is 5.32 Å². The van der Waals surface area contributed by atoms with Crippen LogP contribution < -0.4 is 10.6 Å². The maximum Gasteiger partial charge on any atom is 0.339 e. The molecule has 0 saturated heterocycles. The first-order valence-corrected chi connectivity index (χ1v) is 6.80. The van der Waals surface area contributed by atoms with Crippen LogP contribution in [0.15, 0.2) is 22.7 Å². The minimum atomic E-state index is -0.419. The number of halogens is 1. The van der Waals surface area contributed by atoms with Gasteiger partial charge in [0.15, 0.2) is 0 Å². The molecule has 2 rings (SSSR count). The summed E-state index contributed by atoms with van der Waals surface area (Å²) in [4.78, 5) is 23.1. The number of esters is 1. The van der Waals surface area contributed by atoms with Crippen molar-refractivity contribution in [3.05, 3.63) is 28.2 Å². The van der Waals surface area contributed by atoms with E-state index >= 15 is 0 Å². The third-order valence-electron chi connectivity index (χ3n) is 2.77. The second kappa shape index (κ2) is 6.06. The molecular weight excluding hydrogens is 312 g/mol. The molecule has 0 aromatic heterocycles. The molecule has 102 valence electrons. The average molecular weight is 327 g/mol. The summed E-state index contributed by atoms with van der Waals surface area (Å²) in [5.74, 6) is -0.456. The van der Waals surface area contributed by atoms with Gasteiger partial charge >= 0.3 is 5.97 Å². The molecule has 1 aromatic rings. The molecule has 0 heterocycles. The first-order valence-electron chi connectivity index (χ1n) is 6.01. The third-order valence-corrected chi connectivity index (χ3v) is 3.46. The Balaban J connectivity index is 1.95. The number of carbonyl (C=O) groups excluding carboxylic acids is 2. The molecule has 0 radical (unpaired) electrons. The molecule has 1 aliphatic rings. The number of hydrogen-bond acceptors (Lipinski definition) is 4. The lowest BCUT2D eigenvalue weighted by molar-refractivity contribution is -0.119. The lowest BCUT2D eigenvalue weighted by atomic mass is 10.2. The minimum Gasteiger partial charge on any atom is -0.465 e. The molecule has 0 spiro atoms. The number of rotatable bonds is 5. The molecule has 5 nitrogen and oxygen atoms in total. The van der Waals surface area contributed by atoms with Crippen LogP contribution in [0.3, 0.4) is 0 Å². The fourth-order valence-corrected chi connectivity index (χ4v) is 2.00. The number of hydrogen-bond donors (Lipinski definition) is 2. The number of ether oxygens (including phenoxy) is 1. The zero-order valence-electron chi connectivity index (χ0n) is 10.5. The average Bonchev–Trinajstić information content (AvgIpc) is 3.20. The van der Waals surface area contributed by atoms with Crippen LogP contribution in [0.25, 0.3) is 0 Å². The van der Waals surface area contributed by atoms with Crippen LogP contribution in [0.2, 0.25) is 0 Å². The molecule has 0 unspecified atom stereocenters. The van der Waals surface area contributed by atoms with Crippen LogP contribution in [0.5, 0.6) is 0 Å². The molecule has 19 heavy (non-hydrogen) atoms. The number of benzene rings is 1. The van der Waals surface area contributed by atoms with Crippen LogP contribution in [0, 0.1) is 0 Å². The summed E-state index contributed by atoms with van der Waals surface area (Å²) >= 11 is 3.28. The molecular formula is C13H15BrN2O3. The largest absolute Gasteiger partial charge is 0.465 e. The lowest BCUT2D eigenvalue weighted by Crippen LogP contribution is -2.31. The summed E-state index contributed by atoms with van der Waals surface area (Å²) < 4.78 is 5.34. The molecule has 2 N–H and O–H groups in total. The van der Waals surface area contributed by atoms with E-state index in [4.69, 9.17) is 0 Å². The Morgan fingerprint density at radius 3 is 2.79 bits per heavy atom. The first-order chi connectivity index (χ1) is 9.10. The zero-order valence-corrected chi connectivity index (χ0v) is 12.1. The van der Waals surface area contributed by atoms with Gasteiger partial charge in [0.25, 0.3) is 0 Å². The maximum absolute atomic E-state index is 11.5. The number of methoxy groups -OCH3 is 1. The number of amides is 1. The number of nitrogens with one attached hydrogen (secondary N) is 2. The van der Waals surface area contributed by atoms with E-state index in [0.717, 1.165) is 12.8 Å². The predicted octanol–water partition coefficient (Wildman–Crippen LogP) is 1.93. The first kappa shape index (κ1) is 13.9. The molecule has 1 aliphatic carbocycles. The minimum absolute atomic E-state index is 0.0370. The van der Waals surface area contributed by atoms with E-state index in [1.165, 1.54) is 7.11 Å². The molecule has 1 amide bonds. The van der Waals surface area contributed by atoms with Crippen molar-refractivity contribution < 1.29 is 14.3 Å². The van der Waals surface area contributed by atoms with E-state index in [0.29, 0.717) is 21.8 Å². The molecule has 6 heteroatoms. The van der Waals surface area contributed by atoms with Crippen LogP contribution in [-0.2, 0) is 9.53 Å². The Kier molecular flexibility index (Phi) is 4.42. The summed E-state index contributed by atoms with van der Waals surface area (Å²) in [6.07, 6.45) is 2.13. The van der Waals surface area contributed by atoms with E-state index in [2.05, 4.69) is 31.3 Å². The fraction of sp³-hybridized carbons (Fsp3) is 0.385. The quantitative estimate of drug-likeness (QED) is 0.811. The standard InChI is InChI=1S/C13H15BrN2O3/c1-19-13(18)10-6-9(4-5-11(10)14)15-7-12(17)16-8-2-3-8/h4-6,8,15H,2-3,7H2,1H3,(H,16,17). The molecule has 0 bridgehead atoms. The highest BCUT2D eigenvalue weighted by atomic mass is 79.9. The van der Waals surface area contributed by atoms with Gasteiger partial charge in [0.05, 0.1) is 19.2 Å². The Labute approximate surface area is 119 Å². The normalized spacial score (nSPS) is 13.8. The molecule has 0 atom stereocenters. The van der Waals surface area contributed by atoms with Gasteiger partial charge in [-0.2, -0.15) is 0 Å². The van der Waals surface area contributed by atoms with Crippen molar-refractivity contribution in [3.8, 4) is 0 Å². The number of anilines is 1. The third kappa shape index (κ3) is 3.96. The van der Waals surface area contributed by atoms with Gasteiger partial charge in [-0.25, -0.2) is 4.79 Å². The van der Waals surface area contributed by atoms with Gasteiger partial charge in [-0.05, 0) is 47.0 Å². The highest BCUT2D eigenvalue weighted by Gasteiger charge is 2.22. The zero-order chi connectivity index (χ0) is 13.8. The van der Waals surface area contributed by atoms with Crippen LogP contribution in [0.4, 0.5) is 5.69 Å². The molecule has 0 aliphatic heterocycles. The van der Waals surface area contributed by atoms with E-state index < -0.39 is 5.97 Å². The van der Waals surface area contributed by atoms with Gasteiger partial charge in [0.1, 0.15) is 0 Å². The van der Waals surface area contributed by atoms with Crippen molar-refractivity contribution in [1.29, 1.82) is 0 Å².